The van der Waals surface area contributed by atoms with Gasteiger partial charge in [0.25, 0.3) is 0 Å². The number of halogens is 1. The molecule has 0 aliphatic carbocycles. The average Bonchev–Trinajstić information content (AvgIpc) is 3.11. The van der Waals surface area contributed by atoms with E-state index in [1.165, 1.54) is 12.3 Å². The Morgan fingerprint density at radius 2 is 1.50 bits per heavy atom. The van der Waals surface area contributed by atoms with E-state index in [0.717, 1.165) is 45.2 Å². The predicted molar refractivity (Wildman–Crippen MR) is 186 cm³/mol. The van der Waals surface area contributed by atoms with Crippen molar-refractivity contribution in [2.45, 2.75) is 27.1 Å². The maximum Gasteiger partial charge on any atom is 0.153 e. The van der Waals surface area contributed by atoms with Crippen LogP contribution in [0.5, 0.6) is 17.2 Å². The zero-order valence-electron chi connectivity index (χ0n) is 26.2. The number of hydrogen-bond donors (Lipinski definition) is 1. The van der Waals surface area contributed by atoms with Crippen LogP contribution in [-0.4, -0.2) is 22.7 Å². The molecule has 0 spiro atoms. The number of hydrogen-bond acceptors (Lipinski definition) is 7. The minimum Gasteiger partial charge on any atom is -0.507 e. The maximum absolute atomic E-state index is 11.8. The Morgan fingerprint density at radius 1 is 0.771 bits per heavy atom. The highest BCUT2D eigenvalue weighted by molar-refractivity contribution is 6.32. The molecule has 0 aliphatic rings. The molecule has 5 aromatic carbocycles. The topological polar surface area (TPSA) is 110 Å². The molecule has 0 aliphatic heterocycles. The summed E-state index contributed by atoms with van der Waals surface area (Å²) >= 11 is 6.51. The number of carbonyl (C=O) groups excluding carboxylic acids is 2. The summed E-state index contributed by atoms with van der Waals surface area (Å²) in [6.45, 7) is 4.44. The normalized spacial score (nSPS) is 10.8. The Kier molecular flexibility index (Phi) is 9.20. The van der Waals surface area contributed by atoms with Gasteiger partial charge in [0.2, 0.25) is 0 Å². The summed E-state index contributed by atoms with van der Waals surface area (Å²) in [5, 5.41) is 21.3. The number of nitriles is 1. The molecule has 1 N–H and O–H groups in total. The number of phenols is 1. The number of pyridine rings is 1. The summed E-state index contributed by atoms with van der Waals surface area (Å²) in [5.41, 5.74) is 8.98. The minimum absolute atomic E-state index is 0.101. The van der Waals surface area contributed by atoms with Crippen molar-refractivity contribution in [3.8, 4) is 45.6 Å². The van der Waals surface area contributed by atoms with E-state index in [0.29, 0.717) is 45.2 Å². The Balaban J connectivity index is 1.26. The number of nitrogens with zero attached hydrogens (tertiary/aromatic N) is 2. The van der Waals surface area contributed by atoms with Gasteiger partial charge in [-0.3, -0.25) is 14.6 Å². The molecular weight excluding hydrogens is 624 g/mol. The number of benzene rings is 5. The van der Waals surface area contributed by atoms with Crippen LogP contribution in [0.3, 0.4) is 0 Å². The van der Waals surface area contributed by atoms with Crippen LogP contribution in [0.4, 0.5) is 0 Å². The van der Waals surface area contributed by atoms with Gasteiger partial charge in [-0.25, -0.2) is 0 Å². The highest BCUT2D eigenvalue weighted by Gasteiger charge is 2.16. The van der Waals surface area contributed by atoms with E-state index in [1.54, 1.807) is 30.5 Å². The molecule has 0 saturated carbocycles. The number of aldehydes is 2. The van der Waals surface area contributed by atoms with Gasteiger partial charge in [-0.1, -0.05) is 60.1 Å². The summed E-state index contributed by atoms with van der Waals surface area (Å²) in [5.74, 6) is 0.785. The number of phenolic OH excluding ortho intramolecular Hbond substituents is 1. The molecule has 0 radical (unpaired) electrons. The van der Waals surface area contributed by atoms with Gasteiger partial charge in [0.1, 0.15) is 36.5 Å². The van der Waals surface area contributed by atoms with E-state index < -0.39 is 0 Å². The molecule has 7 nitrogen and oxygen atoms in total. The zero-order valence-corrected chi connectivity index (χ0v) is 26.9. The van der Waals surface area contributed by atoms with Crippen molar-refractivity contribution in [2.24, 2.45) is 0 Å². The van der Waals surface area contributed by atoms with Gasteiger partial charge in [0.15, 0.2) is 12.6 Å². The van der Waals surface area contributed by atoms with E-state index in [-0.39, 0.29) is 29.5 Å². The smallest absolute Gasteiger partial charge is 0.153 e. The second kappa shape index (κ2) is 13.8. The lowest BCUT2D eigenvalue weighted by atomic mass is 9.89. The van der Waals surface area contributed by atoms with Crippen molar-refractivity contribution < 1.29 is 24.2 Å². The molecule has 1 aromatic heterocycles. The first kappa shape index (κ1) is 32.0. The van der Waals surface area contributed by atoms with E-state index in [9.17, 15) is 14.7 Å². The van der Waals surface area contributed by atoms with Gasteiger partial charge in [-0.05, 0) is 88.5 Å². The highest BCUT2D eigenvalue weighted by atomic mass is 35.5. The minimum atomic E-state index is 0.101. The fraction of sp³-hybridized carbons (Fsp3) is 0.100. The predicted octanol–water partition coefficient (Wildman–Crippen LogP) is 9.20. The van der Waals surface area contributed by atoms with Crippen molar-refractivity contribution in [3.63, 3.8) is 0 Å². The molecule has 8 heteroatoms. The van der Waals surface area contributed by atoms with E-state index in [2.05, 4.69) is 30.1 Å². The standard InChI is InChI=1S/C40H29ClN2O5/c1-24-30(23-48-40-16-39(31(21-45)15-37(40)41)47-22-27-13-26(17-42)18-43-19-27)5-3-7-33(24)34-8-4-6-32(25(34)2)28-9-11-35-29(20-44)10-12-38(46)36(35)14-28/h3-16,18-21,46H,22-23H2,1-2H3. The van der Waals surface area contributed by atoms with Crippen LogP contribution in [0.1, 0.15) is 48.5 Å². The zero-order chi connectivity index (χ0) is 33.8. The Hall–Kier alpha value is -5.97. The third kappa shape index (κ3) is 6.35. The Bertz CT molecular complexity index is 2260. The summed E-state index contributed by atoms with van der Waals surface area (Å²) in [6.07, 6.45) is 4.53. The van der Waals surface area contributed by atoms with Crippen molar-refractivity contribution >= 4 is 34.9 Å². The molecule has 0 unspecified atom stereocenters. The first-order chi connectivity index (χ1) is 23.3. The summed E-state index contributed by atoms with van der Waals surface area (Å²) in [6, 6.07) is 27.9. The van der Waals surface area contributed by atoms with Crippen LogP contribution in [0.25, 0.3) is 33.0 Å². The van der Waals surface area contributed by atoms with Crippen molar-refractivity contribution in [1.82, 2.24) is 4.98 Å². The molecule has 236 valence electrons. The van der Waals surface area contributed by atoms with Gasteiger partial charge in [0.05, 0.1) is 16.1 Å². The van der Waals surface area contributed by atoms with Crippen LogP contribution >= 0.6 is 11.6 Å². The van der Waals surface area contributed by atoms with Gasteiger partial charge in [-0.15, -0.1) is 0 Å². The van der Waals surface area contributed by atoms with Gasteiger partial charge < -0.3 is 14.6 Å². The van der Waals surface area contributed by atoms with Crippen LogP contribution in [-0.2, 0) is 13.2 Å². The summed E-state index contributed by atoms with van der Waals surface area (Å²) in [7, 11) is 0. The van der Waals surface area contributed by atoms with Crippen LogP contribution in [0, 0.1) is 25.2 Å². The molecule has 0 saturated heterocycles. The fourth-order valence-corrected chi connectivity index (χ4v) is 6.05. The third-order valence-electron chi connectivity index (χ3n) is 8.43. The maximum atomic E-state index is 11.8. The molecule has 6 rings (SSSR count). The molecule has 1 heterocycles. The summed E-state index contributed by atoms with van der Waals surface area (Å²) < 4.78 is 12.1. The largest absolute Gasteiger partial charge is 0.507 e. The summed E-state index contributed by atoms with van der Waals surface area (Å²) in [4.78, 5) is 27.4. The number of carbonyl (C=O) groups is 2. The fourth-order valence-electron chi connectivity index (χ4n) is 5.82. The first-order valence-corrected chi connectivity index (χ1v) is 15.5. The molecule has 6 aromatic rings. The van der Waals surface area contributed by atoms with Crippen molar-refractivity contribution in [2.75, 3.05) is 0 Å². The lowest BCUT2D eigenvalue weighted by molar-refractivity contribution is 0.111. The first-order valence-electron chi connectivity index (χ1n) is 15.1. The third-order valence-corrected chi connectivity index (χ3v) is 8.72. The highest BCUT2D eigenvalue weighted by Crippen LogP contribution is 2.38. The number of aromatic hydroxyl groups is 1. The Labute approximate surface area is 282 Å². The number of aromatic nitrogens is 1. The van der Waals surface area contributed by atoms with Crippen LogP contribution < -0.4 is 9.47 Å². The van der Waals surface area contributed by atoms with E-state index in [4.69, 9.17) is 26.3 Å². The Morgan fingerprint density at radius 3 is 2.27 bits per heavy atom. The van der Waals surface area contributed by atoms with Crippen LogP contribution in [0.2, 0.25) is 5.02 Å². The number of fused-ring (bicyclic) bond motifs is 1. The van der Waals surface area contributed by atoms with E-state index in [1.807, 2.05) is 49.4 Å². The SMILES string of the molecule is Cc1c(COc2cc(OCc3cncc(C#N)c3)c(C=O)cc2Cl)cccc1-c1cccc(-c2ccc3c(C=O)ccc(O)c3c2)c1C. The van der Waals surface area contributed by atoms with E-state index >= 15 is 0 Å². The monoisotopic (exact) mass is 652 g/mol. The lowest BCUT2D eigenvalue weighted by Gasteiger charge is -2.18. The van der Waals surface area contributed by atoms with Crippen molar-refractivity contribution in [3.05, 3.63) is 141 Å². The molecular formula is C40H29ClN2O5. The van der Waals surface area contributed by atoms with Gasteiger partial charge in [0, 0.05) is 35.0 Å². The van der Waals surface area contributed by atoms with Gasteiger partial charge in [-0.2, -0.15) is 5.26 Å². The second-order valence-corrected chi connectivity index (χ2v) is 11.7. The van der Waals surface area contributed by atoms with Gasteiger partial charge >= 0.3 is 0 Å². The molecule has 0 bridgehead atoms. The molecule has 0 amide bonds. The second-order valence-electron chi connectivity index (χ2n) is 11.3. The average molecular weight is 653 g/mol. The quantitative estimate of drug-likeness (QED) is 0.147. The number of ether oxygens (including phenoxy) is 2. The molecule has 0 fully saturated rings. The molecule has 0 atom stereocenters. The lowest BCUT2D eigenvalue weighted by Crippen LogP contribution is -2.03. The molecule has 48 heavy (non-hydrogen) atoms. The number of rotatable bonds is 10. The van der Waals surface area contributed by atoms with Crippen molar-refractivity contribution in [1.29, 1.82) is 5.26 Å². The van der Waals surface area contributed by atoms with Crippen LogP contribution in [0.15, 0.2) is 97.3 Å².